The highest BCUT2D eigenvalue weighted by molar-refractivity contribution is 6.00. The second-order valence-corrected chi connectivity index (χ2v) is 18.4. The molecule has 62 heavy (non-hydrogen) atoms. The van der Waals surface area contributed by atoms with Crippen molar-refractivity contribution in [2.45, 2.75) is 137 Å². The number of methoxy groups -OCH3 is 2. The van der Waals surface area contributed by atoms with E-state index < -0.39 is 42.2 Å². The molecule has 1 aliphatic rings. The van der Waals surface area contributed by atoms with Crippen molar-refractivity contribution in [3.63, 3.8) is 0 Å². The SMILES string of the molecule is CC[C@H](C)[C@@H]([C@@H](CC(=O)N1CCC[C@H]1[C@H](OC)[C@@H](C)C(=O)C[C@H](C)[C@@H](O)c1ccccc1)OC)N(C)C(=O)[C@@H](CC(=O)[C@H](C(C)C)N(C)C(=O)c1ccc(C(C)=O)cc1)C(C)C. The second-order valence-electron chi connectivity index (χ2n) is 18.4. The third-order valence-corrected chi connectivity index (χ3v) is 13.3. The van der Waals surface area contributed by atoms with E-state index in [0.717, 1.165) is 12.0 Å². The van der Waals surface area contributed by atoms with Crippen molar-refractivity contribution in [2.24, 2.45) is 35.5 Å². The number of benzene rings is 2. The summed E-state index contributed by atoms with van der Waals surface area (Å²) in [7, 11) is 6.44. The zero-order valence-corrected chi connectivity index (χ0v) is 39.6. The van der Waals surface area contributed by atoms with Gasteiger partial charge >= 0.3 is 0 Å². The first-order valence-electron chi connectivity index (χ1n) is 22.5. The number of likely N-dealkylation sites (N-methyl/N-ethyl adjacent to an activating group) is 2. The number of ether oxygens (including phenoxy) is 2. The molecule has 0 radical (unpaired) electrons. The monoisotopic (exact) mass is 862 g/mol. The van der Waals surface area contributed by atoms with Crippen LogP contribution in [-0.4, -0.2) is 120 Å². The number of ketones is 3. The lowest BCUT2D eigenvalue weighted by Gasteiger charge is -2.41. The van der Waals surface area contributed by atoms with Crippen molar-refractivity contribution in [3.8, 4) is 0 Å². The van der Waals surface area contributed by atoms with Crippen LogP contribution in [0.2, 0.25) is 0 Å². The minimum absolute atomic E-state index is 0.000306. The van der Waals surface area contributed by atoms with Gasteiger partial charge in [-0.3, -0.25) is 28.8 Å². The summed E-state index contributed by atoms with van der Waals surface area (Å²) in [5, 5.41) is 10.9. The van der Waals surface area contributed by atoms with E-state index in [0.29, 0.717) is 30.5 Å². The number of aliphatic hydroxyl groups excluding tert-OH is 1. The van der Waals surface area contributed by atoms with Gasteiger partial charge in [0.1, 0.15) is 5.78 Å². The van der Waals surface area contributed by atoms with E-state index >= 15 is 0 Å². The van der Waals surface area contributed by atoms with Crippen LogP contribution in [0.3, 0.4) is 0 Å². The Morgan fingerprint density at radius 3 is 1.87 bits per heavy atom. The summed E-state index contributed by atoms with van der Waals surface area (Å²) >= 11 is 0. The summed E-state index contributed by atoms with van der Waals surface area (Å²) in [6.45, 7) is 17.3. The van der Waals surface area contributed by atoms with Crippen molar-refractivity contribution in [3.05, 3.63) is 71.3 Å². The van der Waals surface area contributed by atoms with Gasteiger partial charge in [0.05, 0.1) is 42.9 Å². The first-order chi connectivity index (χ1) is 29.2. The Morgan fingerprint density at radius 2 is 1.35 bits per heavy atom. The molecule has 1 fully saturated rings. The maximum atomic E-state index is 14.6. The van der Waals surface area contributed by atoms with Crippen LogP contribution in [0, 0.1) is 35.5 Å². The predicted molar refractivity (Wildman–Crippen MR) is 241 cm³/mol. The van der Waals surface area contributed by atoms with Gasteiger partial charge in [-0.05, 0) is 61.1 Å². The average molecular weight is 862 g/mol. The fourth-order valence-electron chi connectivity index (χ4n) is 9.35. The van der Waals surface area contributed by atoms with Crippen molar-refractivity contribution in [1.82, 2.24) is 14.7 Å². The number of hydrogen-bond donors (Lipinski definition) is 1. The maximum absolute atomic E-state index is 14.6. The molecule has 0 bridgehead atoms. The molecule has 12 heteroatoms. The summed E-state index contributed by atoms with van der Waals surface area (Å²) in [6.07, 6.45) is 0.193. The minimum Gasteiger partial charge on any atom is -0.388 e. The summed E-state index contributed by atoms with van der Waals surface area (Å²) in [4.78, 5) is 87.1. The van der Waals surface area contributed by atoms with Crippen LogP contribution in [-0.2, 0) is 28.7 Å². The van der Waals surface area contributed by atoms with Gasteiger partial charge in [-0.25, -0.2) is 0 Å². The first-order valence-corrected chi connectivity index (χ1v) is 22.5. The molecule has 0 spiro atoms. The smallest absolute Gasteiger partial charge is 0.254 e. The average Bonchev–Trinajstić information content (AvgIpc) is 3.74. The topological polar surface area (TPSA) is 151 Å². The molecule has 0 aromatic heterocycles. The highest BCUT2D eigenvalue weighted by atomic mass is 16.5. The summed E-state index contributed by atoms with van der Waals surface area (Å²) in [6, 6.07) is 14.0. The van der Waals surface area contributed by atoms with Crippen molar-refractivity contribution in [1.29, 1.82) is 0 Å². The van der Waals surface area contributed by atoms with E-state index in [1.54, 1.807) is 62.4 Å². The number of nitrogens with zero attached hydrogens (tertiary/aromatic N) is 3. The molecule has 1 heterocycles. The zero-order chi connectivity index (χ0) is 46.6. The van der Waals surface area contributed by atoms with Crippen LogP contribution in [0.15, 0.2) is 54.6 Å². The normalized spacial score (nSPS) is 18.6. The van der Waals surface area contributed by atoms with E-state index in [9.17, 15) is 33.9 Å². The number of hydrogen-bond acceptors (Lipinski definition) is 9. The van der Waals surface area contributed by atoms with Gasteiger partial charge < -0.3 is 29.3 Å². The van der Waals surface area contributed by atoms with Gasteiger partial charge in [0.15, 0.2) is 11.6 Å². The molecule has 10 atom stereocenters. The molecule has 12 nitrogen and oxygen atoms in total. The summed E-state index contributed by atoms with van der Waals surface area (Å²) in [5.41, 5.74) is 1.60. The first kappa shape index (κ1) is 52.1. The quantitative estimate of drug-likeness (QED) is 0.106. The maximum Gasteiger partial charge on any atom is 0.254 e. The van der Waals surface area contributed by atoms with E-state index in [2.05, 4.69) is 0 Å². The molecule has 1 aliphatic heterocycles. The van der Waals surface area contributed by atoms with Gasteiger partial charge in [-0.15, -0.1) is 0 Å². The number of carbonyl (C=O) groups excluding carboxylic acids is 6. The molecule has 0 unspecified atom stereocenters. The van der Waals surface area contributed by atoms with Crippen molar-refractivity contribution >= 4 is 35.1 Å². The van der Waals surface area contributed by atoms with Crippen molar-refractivity contribution in [2.75, 3.05) is 34.9 Å². The third-order valence-electron chi connectivity index (χ3n) is 13.3. The van der Waals surface area contributed by atoms with E-state index in [4.69, 9.17) is 9.47 Å². The number of Topliss-reactive ketones (excluding diaryl/α,β-unsaturated/α-hetero) is 3. The van der Waals surface area contributed by atoms with Crippen molar-refractivity contribution < 1.29 is 43.3 Å². The molecule has 3 amide bonds. The number of aliphatic hydroxyl groups is 1. The molecular weight excluding hydrogens is 787 g/mol. The number of rotatable bonds is 24. The Hall–Kier alpha value is -4.26. The Kier molecular flexibility index (Phi) is 20.1. The van der Waals surface area contributed by atoms with Crippen LogP contribution in [0.1, 0.15) is 133 Å². The Balaban J connectivity index is 1.79. The number of carbonyl (C=O) groups is 6. The molecule has 3 rings (SSSR count). The third kappa shape index (κ3) is 12.9. The standard InChI is InChI=1S/C50H75N3O9/c1-14-32(6)46(52(11)50(60)39(30(2)3)28-42(56)45(31(4)5)51(10)49(59)38-24-22-36(23-25-38)35(9)54)43(61-12)29-44(57)53-26-18-21-40(53)48(62-13)34(8)41(55)27-33(7)47(58)37-19-16-15-17-20-37/h15-17,19-20,22-25,30-34,39-40,43,45-48,58H,14,18,21,26-29H2,1-13H3/t32-,33-,34-,39-,40-,43+,45-,46-,47+,48+/m0/s1. The highest BCUT2D eigenvalue weighted by Gasteiger charge is 2.43. The molecule has 2 aromatic rings. The second kappa shape index (κ2) is 24.0. The molecule has 344 valence electrons. The molecule has 0 saturated carbocycles. The van der Waals surface area contributed by atoms with Crippen LogP contribution in [0.4, 0.5) is 0 Å². The van der Waals surface area contributed by atoms with Gasteiger partial charge in [-0.1, -0.05) is 104 Å². The Bertz CT molecular complexity index is 1800. The Morgan fingerprint density at radius 1 is 0.758 bits per heavy atom. The predicted octanol–water partition coefficient (Wildman–Crippen LogP) is 7.47. The van der Waals surface area contributed by atoms with Gasteiger partial charge in [0, 0.05) is 70.7 Å². The fourth-order valence-corrected chi connectivity index (χ4v) is 9.35. The summed E-state index contributed by atoms with van der Waals surface area (Å²) in [5.74, 6) is -3.18. The molecule has 0 aliphatic carbocycles. The molecule has 2 aromatic carbocycles. The summed E-state index contributed by atoms with van der Waals surface area (Å²) < 4.78 is 12.1. The lowest BCUT2D eigenvalue weighted by molar-refractivity contribution is -0.149. The molecule has 1 saturated heterocycles. The molecule has 1 N–H and O–H groups in total. The van der Waals surface area contributed by atoms with Crippen LogP contribution < -0.4 is 0 Å². The van der Waals surface area contributed by atoms with Gasteiger partial charge in [0.2, 0.25) is 11.8 Å². The zero-order valence-electron chi connectivity index (χ0n) is 39.6. The fraction of sp³-hybridized carbons (Fsp3) is 0.640. The number of amides is 3. The van der Waals surface area contributed by atoms with Crippen LogP contribution in [0.25, 0.3) is 0 Å². The lowest BCUT2D eigenvalue weighted by atomic mass is 9.83. The van der Waals surface area contributed by atoms with Crippen LogP contribution >= 0.6 is 0 Å². The molecular formula is C50H75N3O9. The Labute approximate surface area is 371 Å². The van der Waals surface area contributed by atoms with E-state index in [1.807, 2.05) is 85.7 Å². The highest BCUT2D eigenvalue weighted by Crippen LogP contribution is 2.33. The largest absolute Gasteiger partial charge is 0.388 e. The lowest BCUT2D eigenvalue weighted by Crippen LogP contribution is -2.54. The van der Waals surface area contributed by atoms with Crippen LogP contribution in [0.5, 0.6) is 0 Å². The van der Waals surface area contributed by atoms with E-state index in [-0.39, 0.29) is 84.0 Å². The van der Waals surface area contributed by atoms with E-state index in [1.165, 1.54) is 11.8 Å². The number of likely N-dealkylation sites (tertiary alicyclic amines) is 1. The van der Waals surface area contributed by atoms with Gasteiger partial charge in [-0.2, -0.15) is 0 Å². The van der Waals surface area contributed by atoms with Gasteiger partial charge in [0.25, 0.3) is 5.91 Å². The minimum atomic E-state index is -0.796.